The van der Waals surface area contributed by atoms with E-state index in [2.05, 4.69) is 10.1 Å². The molecule has 0 aliphatic heterocycles. The Labute approximate surface area is 146 Å². The van der Waals surface area contributed by atoms with Crippen LogP contribution >= 0.6 is 0 Å². The Morgan fingerprint density at radius 2 is 1.80 bits per heavy atom. The van der Waals surface area contributed by atoms with Crippen LogP contribution in [0.5, 0.6) is 11.5 Å². The molecule has 1 atom stereocenters. The van der Waals surface area contributed by atoms with E-state index in [4.69, 9.17) is 9.47 Å². The van der Waals surface area contributed by atoms with Crippen molar-refractivity contribution in [3.05, 3.63) is 54.1 Å². The van der Waals surface area contributed by atoms with Gasteiger partial charge >= 0.3 is 5.97 Å². The number of carbonyl (C=O) groups excluding carboxylic acids is 2. The molecule has 25 heavy (non-hydrogen) atoms. The van der Waals surface area contributed by atoms with E-state index in [0.717, 1.165) is 5.75 Å². The fraction of sp³-hybridized carbons (Fsp3) is 0.263. The molecule has 0 unspecified atom stereocenters. The molecule has 1 amide bonds. The fourth-order valence-corrected chi connectivity index (χ4v) is 2.12. The van der Waals surface area contributed by atoms with Crippen molar-refractivity contribution in [1.82, 2.24) is 0 Å². The predicted octanol–water partition coefficient (Wildman–Crippen LogP) is 3.28. The first-order chi connectivity index (χ1) is 12.0. The maximum absolute atomic E-state index is 12.2. The van der Waals surface area contributed by atoms with Crippen LogP contribution < -0.4 is 14.8 Å². The summed E-state index contributed by atoms with van der Waals surface area (Å²) in [7, 11) is 1.31. The molecule has 0 heterocycles. The number of ether oxygens (including phenoxy) is 3. The minimum absolute atomic E-state index is 0.298. The Morgan fingerprint density at radius 1 is 1.08 bits per heavy atom. The number of hydrogen-bond acceptors (Lipinski definition) is 5. The average Bonchev–Trinajstić information content (AvgIpc) is 2.63. The Balaban J connectivity index is 1.97. The average molecular weight is 343 g/mol. The van der Waals surface area contributed by atoms with E-state index in [0.29, 0.717) is 23.6 Å². The van der Waals surface area contributed by atoms with Crippen LogP contribution in [-0.2, 0) is 9.53 Å². The number of benzene rings is 2. The minimum Gasteiger partial charge on any atom is -0.494 e. The van der Waals surface area contributed by atoms with Crippen molar-refractivity contribution < 1.29 is 23.8 Å². The van der Waals surface area contributed by atoms with Gasteiger partial charge in [-0.2, -0.15) is 0 Å². The standard InChI is InChI=1S/C19H21NO5/c1-4-24-16-10-8-15(9-11-16)20-18(21)13(2)25-17-7-5-6-14(12-17)19(22)23-3/h5-13H,4H2,1-3H3,(H,20,21)/t13-/m0/s1. The van der Waals surface area contributed by atoms with Crippen molar-refractivity contribution >= 4 is 17.6 Å². The summed E-state index contributed by atoms with van der Waals surface area (Å²) in [5, 5.41) is 2.77. The van der Waals surface area contributed by atoms with Gasteiger partial charge in [0.2, 0.25) is 0 Å². The molecule has 6 heteroatoms. The van der Waals surface area contributed by atoms with Crippen molar-refractivity contribution in [2.75, 3.05) is 19.0 Å². The second-order valence-electron chi connectivity index (χ2n) is 5.23. The largest absolute Gasteiger partial charge is 0.494 e. The van der Waals surface area contributed by atoms with Crippen molar-refractivity contribution in [2.24, 2.45) is 0 Å². The Kier molecular flexibility index (Phi) is 6.39. The van der Waals surface area contributed by atoms with Crippen LogP contribution in [0.15, 0.2) is 48.5 Å². The molecular formula is C19H21NO5. The number of methoxy groups -OCH3 is 1. The van der Waals surface area contributed by atoms with Crippen molar-refractivity contribution in [2.45, 2.75) is 20.0 Å². The fourth-order valence-electron chi connectivity index (χ4n) is 2.12. The Bertz CT molecular complexity index is 727. The normalized spacial score (nSPS) is 11.3. The van der Waals surface area contributed by atoms with Crippen LogP contribution in [0.3, 0.4) is 0 Å². The van der Waals surface area contributed by atoms with E-state index in [1.807, 2.05) is 6.92 Å². The van der Waals surface area contributed by atoms with Gasteiger partial charge in [0, 0.05) is 5.69 Å². The van der Waals surface area contributed by atoms with Crippen LogP contribution in [0, 0.1) is 0 Å². The SMILES string of the molecule is CCOc1ccc(NC(=O)[C@H](C)Oc2cccc(C(=O)OC)c2)cc1. The van der Waals surface area contributed by atoms with Gasteiger partial charge in [0.25, 0.3) is 5.91 Å². The van der Waals surface area contributed by atoms with Crippen molar-refractivity contribution in [3.63, 3.8) is 0 Å². The van der Waals surface area contributed by atoms with E-state index >= 15 is 0 Å². The Morgan fingerprint density at radius 3 is 2.44 bits per heavy atom. The van der Waals surface area contributed by atoms with Gasteiger partial charge in [0.05, 0.1) is 19.3 Å². The summed E-state index contributed by atoms with van der Waals surface area (Å²) in [6.07, 6.45) is -0.737. The van der Waals surface area contributed by atoms with Gasteiger partial charge in [-0.1, -0.05) is 6.07 Å². The lowest BCUT2D eigenvalue weighted by Crippen LogP contribution is -2.30. The van der Waals surface area contributed by atoms with Crippen LogP contribution in [0.25, 0.3) is 0 Å². The molecular weight excluding hydrogens is 322 g/mol. The van der Waals surface area contributed by atoms with Gasteiger partial charge in [0.15, 0.2) is 6.10 Å². The first-order valence-electron chi connectivity index (χ1n) is 7.92. The topological polar surface area (TPSA) is 73.9 Å². The first kappa shape index (κ1) is 18.3. The quantitative estimate of drug-likeness (QED) is 0.781. The maximum atomic E-state index is 12.2. The number of rotatable bonds is 7. The molecule has 0 fully saturated rings. The van der Waals surface area contributed by atoms with E-state index in [-0.39, 0.29) is 5.91 Å². The van der Waals surface area contributed by atoms with Gasteiger partial charge in [-0.3, -0.25) is 4.79 Å². The van der Waals surface area contributed by atoms with Crippen LogP contribution in [-0.4, -0.2) is 31.7 Å². The molecule has 0 bridgehead atoms. The smallest absolute Gasteiger partial charge is 0.337 e. The summed E-state index contributed by atoms with van der Waals surface area (Å²) in [5.41, 5.74) is 1.01. The summed E-state index contributed by atoms with van der Waals surface area (Å²) in [5.74, 6) is 0.395. The summed E-state index contributed by atoms with van der Waals surface area (Å²) in [4.78, 5) is 23.8. The molecule has 132 valence electrons. The second-order valence-corrected chi connectivity index (χ2v) is 5.23. The highest BCUT2D eigenvalue weighted by molar-refractivity contribution is 5.94. The third-order valence-corrected chi connectivity index (χ3v) is 3.37. The molecule has 0 radical (unpaired) electrons. The number of nitrogens with one attached hydrogen (secondary N) is 1. The third kappa shape index (κ3) is 5.24. The zero-order valence-corrected chi connectivity index (χ0v) is 14.4. The van der Waals surface area contributed by atoms with Gasteiger partial charge in [0.1, 0.15) is 11.5 Å². The van der Waals surface area contributed by atoms with Gasteiger partial charge in [-0.05, 0) is 56.3 Å². The highest BCUT2D eigenvalue weighted by atomic mass is 16.5. The van der Waals surface area contributed by atoms with E-state index in [1.165, 1.54) is 13.2 Å². The molecule has 2 rings (SSSR count). The Hall–Kier alpha value is -3.02. The van der Waals surface area contributed by atoms with E-state index < -0.39 is 12.1 Å². The number of amides is 1. The summed E-state index contributed by atoms with van der Waals surface area (Å²) >= 11 is 0. The zero-order chi connectivity index (χ0) is 18.2. The summed E-state index contributed by atoms with van der Waals surface area (Å²) in [6, 6.07) is 13.6. The third-order valence-electron chi connectivity index (χ3n) is 3.37. The van der Waals surface area contributed by atoms with Crippen LogP contribution in [0.2, 0.25) is 0 Å². The van der Waals surface area contributed by atoms with Gasteiger partial charge in [-0.15, -0.1) is 0 Å². The lowest BCUT2D eigenvalue weighted by atomic mass is 10.2. The summed E-state index contributed by atoms with van der Waals surface area (Å²) < 4.78 is 15.6. The van der Waals surface area contributed by atoms with Crippen molar-refractivity contribution in [1.29, 1.82) is 0 Å². The molecule has 0 aliphatic rings. The molecule has 2 aromatic rings. The minimum atomic E-state index is -0.737. The molecule has 1 N–H and O–H groups in total. The van der Waals surface area contributed by atoms with Crippen LogP contribution in [0.4, 0.5) is 5.69 Å². The second kappa shape index (κ2) is 8.73. The number of hydrogen-bond donors (Lipinski definition) is 1. The van der Waals surface area contributed by atoms with Gasteiger partial charge < -0.3 is 19.5 Å². The highest BCUT2D eigenvalue weighted by Crippen LogP contribution is 2.18. The first-order valence-corrected chi connectivity index (χ1v) is 7.92. The molecule has 0 saturated carbocycles. The predicted molar refractivity (Wildman–Crippen MR) is 94.1 cm³/mol. The molecule has 0 aliphatic carbocycles. The van der Waals surface area contributed by atoms with Gasteiger partial charge in [-0.25, -0.2) is 4.79 Å². The number of esters is 1. The molecule has 2 aromatic carbocycles. The molecule has 0 saturated heterocycles. The number of anilines is 1. The van der Waals surface area contributed by atoms with E-state index in [1.54, 1.807) is 49.4 Å². The van der Waals surface area contributed by atoms with Crippen LogP contribution in [0.1, 0.15) is 24.2 Å². The highest BCUT2D eigenvalue weighted by Gasteiger charge is 2.16. The monoisotopic (exact) mass is 343 g/mol. The lowest BCUT2D eigenvalue weighted by molar-refractivity contribution is -0.122. The molecule has 0 spiro atoms. The molecule has 0 aromatic heterocycles. The maximum Gasteiger partial charge on any atom is 0.337 e. The number of carbonyl (C=O) groups is 2. The zero-order valence-electron chi connectivity index (χ0n) is 14.4. The van der Waals surface area contributed by atoms with Crippen molar-refractivity contribution in [3.8, 4) is 11.5 Å². The molecule has 6 nitrogen and oxygen atoms in total. The van der Waals surface area contributed by atoms with E-state index in [9.17, 15) is 9.59 Å². The lowest BCUT2D eigenvalue weighted by Gasteiger charge is -2.15. The summed E-state index contributed by atoms with van der Waals surface area (Å²) in [6.45, 7) is 4.12.